The van der Waals surface area contributed by atoms with Crippen molar-refractivity contribution in [3.63, 3.8) is 0 Å². The second-order valence-electron chi connectivity index (χ2n) is 7.75. The highest BCUT2D eigenvalue weighted by molar-refractivity contribution is 4.87. The lowest BCUT2D eigenvalue weighted by atomic mass is 9.69. The van der Waals surface area contributed by atoms with Gasteiger partial charge in [-0.2, -0.15) is 0 Å². The molecule has 1 saturated heterocycles. The molecule has 0 bridgehead atoms. The fraction of sp³-hybridized carbons (Fsp3) is 1.00. The van der Waals surface area contributed by atoms with E-state index in [1.807, 2.05) is 0 Å². The molecule has 1 saturated carbocycles. The predicted octanol–water partition coefficient (Wildman–Crippen LogP) is 4.47. The highest BCUT2D eigenvalue weighted by Gasteiger charge is 2.34. The molecule has 1 heteroatoms. The summed E-state index contributed by atoms with van der Waals surface area (Å²) in [5.74, 6) is 0. The van der Waals surface area contributed by atoms with Crippen LogP contribution in [0.15, 0.2) is 0 Å². The van der Waals surface area contributed by atoms with E-state index < -0.39 is 0 Å². The lowest BCUT2D eigenvalue weighted by molar-refractivity contribution is 0.148. The van der Waals surface area contributed by atoms with E-state index in [1.165, 1.54) is 71.0 Å². The van der Waals surface area contributed by atoms with Gasteiger partial charge in [-0.25, -0.2) is 0 Å². The van der Waals surface area contributed by atoms with Crippen LogP contribution in [0.3, 0.4) is 0 Å². The van der Waals surface area contributed by atoms with Gasteiger partial charge in [-0.3, -0.25) is 0 Å². The lowest BCUT2D eigenvalue weighted by Crippen LogP contribution is -2.34. The molecule has 1 aliphatic carbocycles. The first-order valence-electron chi connectivity index (χ1n) is 7.72. The Kier molecular flexibility index (Phi) is 4.18. The van der Waals surface area contributed by atoms with Crippen molar-refractivity contribution < 1.29 is 0 Å². The third-order valence-corrected chi connectivity index (χ3v) is 4.75. The van der Waals surface area contributed by atoms with E-state index in [2.05, 4.69) is 25.7 Å². The monoisotopic (exact) mass is 237 g/mol. The molecule has 1 nitrogen and oxygen atoms in total. The van der Waals surface area contributed by atoms with Crippen molar-refractivity contribution in [3.8, 4) is 0 Å². The number of hydrogen-bond donors (Lipinski definition) is 0. The molecule has 2 aliphatic rings. The standard InChI is InChI=1S/C16H31N/c1-15(2,3)14-17-12-7-10-16(11-13-17)8-5-4-6-9-16/h4-14H2,1-3H3. The van der Waals surface area contributed by atoms with Gasteiger partial charge in [-0.15, -0.1) is 0 Å². The van der Waals surface area contributed by atoms with Gasteiger partial charge in [0.1, 0.15) is 0 Å². The first-order chi connectivity index (χ1) is 7.99. The van der Waals surface area contributed by atoms with E-state index in [4.69, 9.17) is 0 Å². The maximum atomic E-state index is 2.73. The summed E-state index contributed by atoms with van der Waals surface area (Å²) in [4.78, 5) is 2.73. The Bertz CT molecular complexity index is 232. The molecule has 0 unspecified atom stereocenters. The van der Waals surface area contributed by atoms with Crippen LogP contribution < -0.4 is 0 Å². The van der Waals surface area contributed by atoms with E-state index in [9.17, 15) is 0 Å². The van der Waals surface area contributed by atoms with Gasteiger partial charge in [0.25, 0.3) is 0 Å². The summed E-state index contributed by atoms with van der Waals surface area (Å²) < 4.78 is 0. The van der Waals surface area contributed by atoms with Gasteiger partial charge < -0.3 is 4.90 Å². The van der Waals surface area contributed by atoms with Crippen molar-refractivity contribution >= 4 is 0 Å². The Morgan fingerprint density at radius 1 is 0.824 bits per heavy atom. The third kappa shape index (κ3) is 3.98. The smallest absolute Gasteiger partial charge is 0.00300 e. The van der Waals surface area contributed by atoms with Gasteiger partial charge in [0.2, 0.25) is 0 Å². The maximum absolute atomic E-state index is 2.73. The van der Waals surface area contributed by atoms with E-state index >= 15 is 0 Å². The molecule has 0 radical (unpaired) electrons. The average Bonchev–Trinajstić information content (AvgIpc) is 2.42. The molecule has 2 fully saturated rings. The molecule has 100 valence electrons. The topological polar surface area (TPSA) is 3.24 Å². The molecular formula is C16H31N. The van der Waals surface area contributed by atoms with Gasteiger partial charge in [0.05, 0.1) is 0 Å². The fourth-order valence-electron chi connectivity index (χ4n) is 3.94. The SMILES string of the molecule is CC(C)(C)CN1CCCC2(CCCCC2)CC1. The van der Waals surface area contributed by atoms with Gasteiger partial charge in [0, 0.05) is 6.54 Å². The van der Waals surface area contributed by atoms with Crippen LogP contribution in [0.2, 0.25) is 0 Å². The first-order valence-corrected chi connectivity index (χ1v) is 7.72. The normalized spacial score (nSPS) is 27.0. The Morgan fingerprint density at radius 2 is 1.47 bits per heavy atom. The highest BCUT2D eigenvalue weighted by atomic mass is 15.1. The second-order valence-corrected chi connectivity index (χ2v) is 7.75. The first kappa shape index (κ1) is 13.4. The van der Waals surface area contributed by atoms with Gasteiger partial charge >= 0.3 is 0 Å². The minimum atomic E-state index is 0.462. The molecule has 2 rings (SSSR count). The number of likely N-dealkylation sites (tertiary alicyclic amines) is 1. The minimum Gasteiger partial charge on any atom is -0.303 e. The van der Waals surface area contributed by atoms with Crippen molar-refractivity contribution in [2.45, 2.75) is 72.1 Å². The van der Waals surface area contributed by atoms with Crippen LogP contribution in [0.1, 0.15) is 72.1 Å². The zero-order valence-electron chi connectivity index (χ0n) is 12.2. The van der Waals surface area contributed by atoms with Crippen LogP contribution in [-0.4, -0.2) is 24.5 Å². The number of rotatable bonds is 1. The van der Waals surface area contributed by atoms with Crippen LogP contribution >= 0.6 is 0 Å². The van der Waals surface area contributed by atoms with E-state index in [-0.39, 0.29) is 0 Å². The Morgan fingerprint density at radius 3 is 2.12 bits per heavy atom. The summed E-state index contributed by atoms with van der Waals surface area (Å²) >= 11 is 0. The molecule has 1 heterocycles. The lowest BCUT2D eigenvalue weighted by Gasteiger charge is -2.37. The number of hydrogen-bond acceptors (Lipinski definition) is 1. The summed E-state index contributed by atoms with van der Waals surface area (Å²) in [5, 5.41) is 0. The van der Waals surface area contributed by atoms with Crippen LogP contribution in [0.25, 0.3) is 0 Å². The number of nitrogens with zero attached hydrogens (tertiary/aromatic N) is 1. The van der Waals surface area contributed by atoms with Crippen molar-refractivity contribution in [1.82, 2.24) is 4.90 Å². The molecule has 0 N–H and O–H groups in total. The predicted molar refractivity (Wildman–Crippen MR) is 75.3 cm³/mol. The average molecular weight is 237 g/mol. The zero-order chi connectivity index (χ0) is 12.4. The van der Waals surface area contributed by atoms with Crippen molar-refractivity contribution in [3.05, 3.63) is 0 Å². The quantitative estimate of drug-likeness (QED) is 0.650. The molecular weight excluding hydrogens is 206 g/mol. The fourth-order valence-corrected chi connectivity index (χ4v) is 3.94. The molecule has 1 aliphatic heterocycles. The molecule has 0 aromatic heterocycles. The summed E-state index contributed by atoms with van der Waals surface area (Å²) in [5.41, 5.74) is 1.22. The van der Waals surface area contributed by atoms with Crippen LogP contribution in [0.4, 0.5) is 0 Å². The Hall–Kier alpha value is -0.0400. The summed E-state index contributed by atoms with van der Waals surface area (Å²) in [6, 6.07) is 0. The summed E-state index contributed by atoms with van der Waals surface area (Å²) in [6.45, 7) is 11.1. The molecule has 0 amide bonds. The Labute approximate surface area is 108 Å². The van der Waals surface area contributed by atoms with Crippen molar-refractivity contribution in [1.29, 1.82) is 0 Å². The van der Waals surface area contributed by atoms with Crippen LogP contribution in [0.5, 0.6) is 0 Å². The van der Waals surface area contributed by atoms with Gasteiger partial charge in [0.15, 0.2) is 0 Å². The second kappa shape index (κ2) is 5.30. The van der Waals surface area contributed by atoms with Gasteiger partial charge in [-0.1, -0.05) is 40.0 Å². The zero-order valence-corrected chi connectivity index (χ0v) is 12.2. The third-order valence-electron chi connectivity index (χ3n) is 4.75. The summed E-state index contributed by atoms with van der Waals surface area (Å²) in [6.07, 6.45) is 12.0. The van der Waals surface area contributed by atoms with Crippen molar-refractivity contribution in [2.75, 3.05) is 19.6 Å². The van der Waals surface area contributed by atoms with E-state index in [0.717, 1.165) is 5.41 Å². The molecule has 0 atom stereocenters. The summed E-state index contributed by atoms with van der Waals surface area (Å²) in [7, 11) is 0. The van der Waals surface area contributed by atoms with E-state index in [0.29, 0.717) is 5.41 Å². The van der Waals surface area contributed by atoms with Crippen LogP contribution in [-0.2, 0) is 0 Å². The largest absolute Gasteiger partial charge is 0.303 e. The van der Waals surface area contributed by atoms with Gasteiger partial charge in [-0.05, 0) is 56.0 Å². The minimum absolute atomic E-state index is 0.462. The highest BCUT2D eigenvalue weighted by Crippen LogP contribution is 2.44. The maximum Gasteiger partial charge on any atom is 0.00300 e. The molecule has 0 aromatic rings. The molecule has 1 spiro atoms. The molecule has 0 aromatic carbocycles. The van der Waals surface area contributed by atoms with Crippen LogP contribution in [0, 0.1) is 10.8 Å². The molecule has 17 heavy (non-hydrogen) atoms. The van der Waals surface area contributed by atoms with Crippen molar-refractivity contribution in [2.24, 2.45) is 10.8 Å². The Balaban J connectivity index is 1.88. The van der Waals surface area contributed by atoms with E-state index in [1.54, 1.807) is 0 Å².